The molecule has 0 bridgehead atoms. The third-order valence-electron chi connectivity index (χ3n) is 4.97. The van der Waals surface area contributed by atoms with E-state index in [0.717, 1.165) is 13.1 Å². The largest absolute Gasteiger partial charge is 0.379 e. The Labute approximate surface area is 163 Å². The van der Waals surface area contributed by atoms with Gasteiger partial charge in [0, 0.05) is 49.7 Å². The van der Waals surface area contributed by atoms with Gasteiger partial charge in [0.25, 0.3) is 11.6 Å². The molecule has 0 radical (unpaired) electrons. The van der Waals surface area contributed by atoms with E-state index in [1.807, 2.05) is 0 Å². The van der Waals surface area contributed by atoms with Crippen LogP contribution in [-0.2, 0) is 4.74 Å². The van der Waals surface area contributed by atoms with Crippen molar-refractivity contribution in [3.8, 4) is 5.69 Å². The van der Waals surface area contributed by atoms with Crippen molar-refractivity contribution >= 4 is 11.6 Å². The highest BCUT2D eigenvalue weighted by atomic mass is 16.6. The summed E-state index contributed by atoms with van der Waals surface area (Å²) in [7, 11) is 0. The van der Waals surface area contributed by atoms with Crippen LogP contribution in [0, 0.1) is 16.0 Å². The Morgan fingerprint density at radius 1 is 1.36 bits per heavy atom. The number of rotatable bonds is 7. The number of carbonyl (C=O) groups excluding carboxylic acids is 1. The molecule has 28 heavy (non-hydrogen) atoms. The summed E-state index contributed by atoms with van der Waals surface area (Å²) in [5, 5.41) is 14.4. The summed E-state index contributed by atoms with van der Waals surface area (Å²) < 4.78 is 6.95. The summed E-state index contributed by atoms with van der Waals surface area (Å²) in [4.78, 5) is 29.8. The van der Waals surface area contributed by atoms with Crippen LogP contribution in [0.1, 0.15) is 24.2 Å². The molecule has 3 rings (SSSR count). The first-order valence-electron chi connectivity index (χ1n) is 9.34. The van der Waals surface area contributed by atoms with Crippen molar-refractivity contribution in [2.24, 2.45) is 5.92 Å². The molecule has 0 aliphatic carbocycles. The zero-order valence-corrected chi connectivity index (χ0v) is 16.1. The maximum Gasteiger partial charge on any atom is 0.294 e. The fraction of sp³-hybridized carbons (Fsp3) is 0.474. The molecule has 2 heterocycles. The highest BCUT2D eigenvalue weighted by molar-refractivity contribution is 5.95. The first kappa shape index (κ1) is 20.0. The van der Waals surface area contributed by atoms with Gasteiger partial charge >= 0.3 is 0 Å². The van der Waals surface area contributed by atoms with Crippen LogP contribution in [-0.4, -0.2) is 64.2 Å². The molecule has 1 aliphatic heterocycles. The number of benzene rings is 1. The van der Waals surface area contributed by atoms with Crippen molar-refractivity contribution in [3.63, 3.8) is 0 Å². The van der Waals surface area contributed by atoms with Gasteiger partial charge in [-0.15, -0.1) is 0 Å². The number of aromatic nitrogens is 2. The lowest BCUT2D eigenvalue weighted by Crippen LogP contribution is -2.51. The number of hydrogen-bond donors (Lipinski definition) is 1. The minimum Gasteiger partial charge on any atom is -0.379 e. The number of nitrogens with one attached hydrogen (secondary N) is 1. The third kappa shape index (κ3) is 4.55. The van der Waals surface area contributed by atoms with E-state index in [0.29, 0.717) is 31.4 Å². The second kappa shape index (κ2) is 8.94. The van der Waals surface area contributed by atoms with Crippen LogP contribution in [0.25, 0.3) is 5.69 Å². The van der Waals surface area contributed by atoms with Gasteiger partial charge in [-0.2, -0.15) is 0 Å². The van der Waals surface area contributed by atoms with Gasteiger partial charge in [-0.25, -0.2) is 4.98 Å². The molecule has 0 spiro atoms. The topological polar surface area (TPSA) is 103 Å². The Kier molecular flexibility index (Phi) is 6.37. The van der Waals surface area contributed by atoms with Crippen LogP contribution in [0.3, 0.4) is 0 Å². The molecule has 150 valence electrons. The molecule has 1 unspecified atom stereocenters. The van der Waals surface area contributed by atoms with Crippen molar-refractivity contribution in [2.75, 3.05) is 32.8 Å². The fourth-order valence-electron chi connectivity index (χ4n) is 3.43. The molecule has 1 aliphatic rings. The standard InChI is InChI=1S/C19H25N5O4/c1-14(2)18(22-7-9-28-10-8-22)12-21-19(25)15-3-4-16(17(11-15)24(26)27)23-6-5-20-13-23/h3-6,11,13-14,18H,7-10,12H2,1-2H3,(H,21,25). The molecular weight excluding hydrogens is 362 g/mol. The lowest BCUT2D eigenvalue weighted by Gasteiger charge is -2.36. The molecule has 1 fully saturated rings. The maximum absolute atomic E-state index is 12.6. The first-order chi connectivity index (χ1) is 13.5. The summed E-state index contributed by atoms with van der Waals surface area (Å²) in [6, 6.07) is 4.66. The summed E-state index contributed by atoms with van der Waals surface area (Å²) in [5.74, 6) is 0.0375. The van der Waals surface area contributed by atoms with Crippen LogP contribution in [0.15, 0.2) is 36.9 Å². The lowest BCUT2D eigenvalue weighted by molar-refractivity contribution is -0.384. The fourth-order valence-corrected chi connectivity index (χ4v) is 3.43. The molecule has 1 atom stereocenters. The van der Waals surface area contributed by atoms with Crippen molar-refractivity contribution in [3.05, 3.63) is 52.6 Å². The Hall–Kier alpha value is -2.78. The van der Waals surface area contributed by atoms with Crippen LogP contribution in [0.2, 0.25) is 0 Å². The molecule has 1 saturated heterocycles. The summed E-state index contributed by atoms with van der Waals surface area (Å²) >= 11 is 0. The molecule has 1 amide bonds. The number of nitrogens with zero attached hydrogens (tertiary/aromatic N) is 4. The second-order valence-electron chi connectivity index (χ2n) is 7.10. The van der Waals surface area contributed by atoms with Crippen molar-refractivity contribution in [1.82, 2.24) is 19.8 Å². The number of ether oxygens (including phenoxy) is 1. The smallest absolute Gasteiger partial charge is 0.294 e. The predicted octanol–water partition coefficient (Wildman–Crippen LogP) is 1.87. The molecule has 9 heteroatoms. The maximum atomic E-state index is 12.6. The zero-order chi connectivity index (χ0) is 20.1. The van der Waals surface area contributed by atoms with E-state index in [2.05, 4.69) is 29.0 Å². The predicted molar refractivity (Wildman–Crippen MR) is 104 cm³/mol. The van der Waals surface area contributed by atoms with E-state index in [4.69, 9.17) is 4.74 Å². The molecule has 0 saturated carbocycles. The Balaban J connectivity index is 1.73. The zero-order valence-electron chi connectivity index (χ0n) is 16.1. The lowest BCUT2D eigenvalue weighted by atomic mass is 10.0. The number of morpholine rings is 1. The summed E-state index contributed by atoms with van der Waals surface area (Å²) in [6.07, 6.45) is 4.65. The van der Waals surface area contributed by atoms with Crippen LogP contribution >= 0.6 is 0 Å². The van der Waals surface area contributed by atoms with Gasteiger partial charge in [-0.3, -0.25) is 19.8 Å². The molecule has 1 aromatic heterocycles. The van der Waals surface area contributed by atoms with E-state index in [1.165, 1.54) is 12.4 Å². The minimum absolute atomic E-state index is 0.140. The SMILES string of the molecule is CC(C)C(CNC(=O)c1ccc(-n2ccnc2)c([N+](=O)[O-])c1)N1CCOCC1. The number of amides is 1. The van der Waals surface area contributed by atoms with Crippen LogP contribution in [0.4, 0.5) is 5.69 Å². The second-order valence-corrected chi connectivity index (χ2v) is 7.10. The minimum atomic E-state index is -0.489. The van der Waals surface area contributed by atoms with E-state index < -0.39 is 4.92 Å². The molecule has 1 aromatic carbocycles. The Morgan fingerprint density at radius 2 is 2.11 bits per heavy atom. The quantitative estimate of drug-likeness (QED) is 0.575. The Bertz CT molecular complexity index is 816. The molecule has 9 nitrogen and oxygen atoms in total. The van der Waals surface area contributed by atoms with Gasteiger partial charge in [0.2, 0.25) is 0 Å². The van der Waals surface area contributed by atoms with E-state index in [-0.39, 0.29) is 23.2 Å². The van der Waals surface area contributed by atoms with Crippen molar-refractivity contribution in [2.45, 2.75) is 19.9 Å². The van der Waals surface area contributed by atoms with E-state index >= 15 is 0 Å². The van der Waals surface area contributed by atoms with Gasteiger partial charge in [-0.05, 0) is 18.1 Å². The van der Waals surface area contributed by atoms with Gasteiger partial charge in [0.05, 0.1) is 24.5 Å². The first-order valence-corrected chi connectivity index (χ1v) is 9.34. The molecular formula is C19H25N5O4. The summed E-state index contributed by atoms with van der Waals surface area (Å²) in [6.45, 7) is 7.79. The van der Waals surface area contributed by atoms with Gasteiger partial charge in [0.15, 0.2) is 0 Å². The van der Waals surface area contributed by atoms with Crippen LogP contribution in [0.5, 0.6) is 0 Å². The van der Waals surface area contributed by atoms with Crippen LogP contribution < -0.4 is 5.32 Å². The summed E-state index contributed by atoms with van der Waals surface area (Å²) in [5.41, 5.74) is 0.492. The highest BCUT2D eigenvalue weighted by Crippen LogP contribution is 2.24. The average Bonchev–Trinajstić information content (AvgIpc) is 3.22. The van der Waals surface area contributed by atoms with E-state index in [1.54, 1.807) is 29.1 Å². The molecule has 1 N–H and O–H groups in total. The van der Waals surface area contributed by atoms with Gasteiger partial charge < -0.3 is 14.6 Å². The van der Waals surface area contributed by atoms with Crippen molar-refractivity contribution in [1.29, 1.82) is 0 Å². The van der Waals surface area contributed by atoms with E-state index in [9.17, 15) is 14.9 Å². The normalized spacial score (nSPS) is 16.1. The third-order valence-corrected chi connectivity index (χ3v) is 4.97. The average molecular weight is 387 g/mol. The number of carbonyl (C=O) groups is 1. The number of nitro benzene ring substituents is 1. The van der Waals surface area contributed by atoms with Gasteiger partial charge in [0.1, 0.15) is 5.69 Å². The molecule has 2 aromatic rings. The van der Waals surface area contributed by atoms with Crippen molar-refractivity contribution < 1.29 is 14.5 Å². The number of nitro groups is 1. The number of hydrogen-bond acceptors (Lipinski definition) is 6. The van der Waals surface area contributed by atoms with Gasteiger partial charge in [-0.1, -0.05) is 13.8 Å². The number of imidazole rings is 1. The monoisotopic (exact) mass is 387 g/mol. The Morgan fingerprint density at radius 3 is 2.71 bits per heavy atom. The highest BCUT2D eigenvalue weighted by Gasteiger charge is 2.25.